The largest absolute Gasteiger partial charge is 0.310 e. The summed E-state index contributed by atoms with van der Waals surface area (Å²) in [4.78, 5) is 0. The summed E-state index contributed by atoms with van der Waals surface area (Å²) in [6.07, 6.45) is 4.43. The Hall–Kier alpha value is -1.68. The van der Waals surface area contributed by atoms with Gasteiger partial charge in [-0.1, -0.05) is 19.9 Å². The summed E-state index contributed by atoms with van der Waals surface area (Å²) in [6.45, 7) is 4.86. The second kappa shape index (κ2) is 5.60. The van der Waals surface area contributed by atoms with Crippen LogP contribution in [0.3, 0.4) is 0 Å². The summed E-state index contributed by atoms with van der Waals surface area (Å²) in [5.74, 6) is 0.209. The molecule has 1 aromatic heterocycles. The maximum atomic E-state index is 14.0. The molecular formula is C17H22FN3. The molecule has 1 saturated carbocycles. The van der Waals surface area contributed by atoms with Crippen LogP contribution in [0.15, 0.2) is 24.4 Å². The average molecular weight is 287 g/mol. The first-order chi connectivity index (χ1) is 10.0. The van der Waals surface area contributed by atoms with Crippen LogP contribution in [0, 0.1) is 5.82 Å². The first-order valence-corrected chi connectivity index (χ1v) is 7.60. The Labute approximate surface area is 125 Å². The number of hydrogen-bond donors (Lipinski definition) is 1. The molecule has 0 aliphatic heterocycles. The minimum Gasteiger partial charge on any atom is -0.310 e. The van der Waals surface area contributed by atoms with Crippen LogP contribution in [0.4, 0.5) is 4.39 Å². The minimum absolute atomic E-state index is 0.137. The van der Waals surface area contributed by atoms with Crippen molar-refractivity contribution in [3.8, 4) is 11.1 Å². The van der Waals surface area contributed by atoms with Crippen molar-refractivity contribution in [1.29, 1.82) is 0 Å². The third kappa shape index (κ3) is 3.16. The van der Waals surface area contributed by atoms with Crippen LogP contribution < -0.4 is 5.32 Å². The van der Waals surface area contributed by atoms with E-state index in [4.69, 9.17) is 0 Å². The summed E-state index contributed by atoms with van der Waals surface area (Å²) in [6, 6.07) is 5.95. The summed E-state index contributed by atoms with van der Waals surface area (Å²) < 4.78 is 15.8. The van der Waals surface area contributed by atoms with E-state index in [2.05, 4.69) is 24.3 Å². The third-order valence-corrected chi connectivity index (χ3v) is 3.92. The zero-order chi connectivity index (χ0) is 15.0. The van der Waals surface area contributed by atoms with Gasteiger partial charge in [-0.05, 0) is 36.5 Å². The molecule has 2 aromatic rings. The van der Waals surface area contributed by atoms with E-state index < -0.39 is 0 Å². The predicted molar refractivity (Wildman–Crippen MR) is 82.6 cm³/mol. The third-order valence-electron chi connectivity index (χ3n) is 3.92. The molecule has 0 unspecified atom stereocenters. The second-order valence-electron chi connectivity index (χ2n) is 6.22. The molecular weight excluding hydrogens is 265 g/mol. The Morgan fingerprint density at radius 2 is 2.14 bits per heavy atom. The molecule has 0 amide bonds. The van der Waals surface area contributed by atoms with Gasteiger partial charge < -0.3 is 5.32 Å². The highest BCUT2D eigenvalue weighted by atomic mass is 19.1. The SMILES string of the molecule is CC(C)c1nn(C)cc1-c1ccc(F)c(CNC2CC2)c1. The lowest BCUT2D eigenvalue weighted by atomic mass is 9.98. The Morgan fingerprint density at radius 1 is 1.38 bits per heavy atom. The highest BCUT2D eigenvalue weighted by molar-refractivity contribution is 5.66. The van der Waals surface area contributed by atoms with E-state index in [1.807, 2.05) is 30.1 Å². The number of benzene rings is 1. The van der Waals surface area contributed by atoms with E-state index in [0.29, 0.717) is 18.5 Å². The topological polar surface area (TPSA) is 29.9 Å². The van der Waals surface area contributed by atoms with Crippen molar-refractivity contribution in [3.05, 3.63) is 41.5 Å². The fraction of sp³-hybridized carbons (Fsp3) is 0.471. The molecule has 21 heavy (non-hydrogen) atoms. The van der Waals surface area contributed by atoms with E-state index in [1.165, 1.54) is 12.8 Å². The smallest absolute Gasteiger partial charge is 0.127 e. The summed E-state index contributed by atoms with van der Waals surface area (Å²) in [5, 5.41) is 7.90. The molecule has 0 spiro atoms. The van der Waals surface area contributed by atoms with Crippen LogP contribution >= 0.6 is 0 Å². The number of nitrogens with zero attached hydrogens (tertiary/aromatic N) is 2. The molecule has 0 bridgehead atoms. The molecule has 0 radical (unpaired) electrons. The zero-order valence-electron chi connectivity index (χ0n) is 12.9. The normalized spacial score (nSPS) is 14.9. The number of rotatable bonds is 5. The summed E-state index contributed by atoms with van der Waals surface area (Å²) in [7, 11) is 1.93. The first-order valence-electron chi connectivity index (χ1n) is 7.60. The van der Waals surface area contributed by atoms with Gasteiger partial charge in [-0.2, -0.15) is 5.10 Å². The molecule has 0 atom stereocenters. The first kappa shape index (κ1) is 14.3. The van der Waals surface area contributed by atoms with Crippen molar-refractivity contribution >= 4 is 0 Å². The molecule has 1 heterocycles. The van der Waals surface area contributed by atoms with Crippen LogP contribution in [0.25, 0.3) is 11.1 Å². The lowest BCUT2D eigenvalue weighted by molar-refractivity contribution is 0.587. The van der Waals surface area contributed by atoms with Crippen molar-refractivity contribution in [1.82, 2.24) is 15.1 Å². The maximum Gasteiger partial charge on any atom is 0.127 e. The molecule has 1 aliphatic rings. The van der Waals surface area contributed by atoms with Crippen molar-refractivity contribution in [3.63, 3.8) is 0 Å². The highest BCUT2D eigenvalue weighted by Gasteiger charge is 2.21. The van der Waals surface area contributed by atoms with Gasteiger partial charge in [0.05, 0.1) is 5.69 Å². The zero-order valence-corrected chi connectivity index (χ0v) is 12.9. The predicted octanol–water partition coefficient (Wildman–Crippen LogP) is 3.60. The number of aromatic nitrogens is 2. The van der Waals surface area contributed by atoms with E-state index in [-0.39, 0.29) is 5.82 Å². The van der Waals surface area contributed by atoms with E-state index in [9.17, 15) is 4.39 Å². The van der Waals surface area contributed by atoms with Crippen molar-refractivity contribution < 1.29 is 4.39 Å². The van der Waals surface area contributed by atoms with Crippen molar-refractivity contribution in [2.75, 3.05) is 0 Å². The summed E-state index contributed by atoms with van der Waals surface area (Å²) >= 11 is 0. The lowest BCUT2D eigenvalue weighted by Crippen LogP contribution is -2.16. The minimum atomic E-state index is -0.137. The fourth-order valence-corrected chi connectivity index (χ4v) is 2.57. The Morgan fingerprint density at radius 3 is 2.81 bits per heavy atom. The van der Waals surface area contributed by atoms with Crippen molar-refractivity contribution in [2.45, 2.75) is 45.2 Å². The van der Waals surface area contributed by atoms with Gasteiger partial charge in [0.15, 0.2) is 0 Å². The quantitative estimate of drug-likeness (QED) is 0.910. The van der Waals surface area contributed by atoms with Crippen molar-refractivity contribution in [2.24, 2.45) is 7.05 Å². The molecule has 3 nitrogen and oxygen atoms in total. The molecule has 1 aliphatic carbocycles. The molecule has 4 heteroatoms. The Bertz CT molecular complexity index is 641. The molecule has 112 valence electrons. The van der Waals surface area contributed by atoms with Crippen LogP contribution in [-0.4, -0.2) is 15.8 Å². The van der Waals surface area contributed by atoms with Gasteiger partial charge in [0.2, 0.25) is 0 Å². The van der Waals surface area contributed by atoms with Crippen LogP contribution in [-0.2, 0) is 13.6 Å². The maximum absolute atomic E-state index is 14.0. The van der Waals surface area contributed by atoms with E-state index >= 15 is 0 Å². The Balaban J connectivity index is 1.92. The monoisotopic (exact) mass is 287 g/mol. The molecule has 1 fully saturated rings. The van der Waals surface area contributed by atoms with Crippen LogP contribution in [0.5, 0.6) is 0 Å². The second-order valence-corrected chi connectivity index (χ2v) is 6.22. The number of hydrogen-bond acceptors (Lipinski definition) is 2. The van der Waals surface area contributed by atoms with E-state index in [0.717, 1.165) is 22.4 Å². The average Bonchev–Trinajstić information content (AvgIpc) is 3.18. The van der Waals surface area contributed by atoms with Crippen LogP contribution in [0.1, 0.15) is 43.9 Å². The number of nitrogens with one attached hydrogen (secondary N) is 1. The van der Waals surface area contributed by atoms with Gasteiger partial charge in [-0.25, -0.2) is 4.39 Å². The summed E-state index contributed by atoms with van der Waals surface area (Å²) in [5.41, 5.74) is 3.93. The lowest BCUT2D eigenvalue weighted by Gasteiger charge is -2.09. The van der Waals surface area contributed by atoms with Gasteiger partial charge in [0, 0.05) is 37.0 Å². The highest BCUT2D eigenvalue weighted by Crippen LogP contribution is 2.29. The molecule has 3 rings (SSSR count). The van der Waals surface area contributed by atoms with Gasteiger partial charge in [0.1, 0.15) is 5.82 Å². The number of halogens is 1. The molecule has 1 aromatic carbocycles. The number of aryl methyl sites for hydroxylation is 1. The van der Waals surface area contributed by atoms with E-state index in [1.54, 1.807) is 6.07 Å². The van der Waals surface area contributed by atoms with Gasteiger partial charge in [0.25, 0.3) is 0 Å². The standard InChI is InChI=1S/C17H22FN3/c1-11(2)17-15(10-21(3)20-17)12-4-7-16(18)13(8-12)9-19-14-5-6-14/h4,7-8,10-11,14,19H,5-6,9H2,1-3H3. The van der Waals surface area contributed by atoms with Gasteiger partial charge >= 0.3 is 0 Å². The molecule has 1 N–H and O–H groups in total. The fourth-order valence-electron chi connectivity index (χ4n) is 2.57. The van der Waals surface area contributed by atoms with Gasteiger partial charge in [-0.3, -0.25) is 4.68 Å². The van der Waals surface area contributed by atoms with Gasteiger partial charge in [-0.15, -0.1) is 0 Å². The Kier molecular flexibility index (Phi) is 3.81. The van der Waals surface area contributed by atoms with Crippen LogP contribution in [0.2, 0.25) is 0 Å². The molecule has 0 saturated heterocycles.